The summed E-state index contributed by atoms with van der Waals surface area (Å²) in [6.45, 7) is 3.77. The minimum atomic E-state index is -0.612. The predicted octanol–water partition coefficient (Wildman–Crippen LogP) is 4.18. The summed E-state index contributed by atoms with van der Waals surface area (Å²) in [5, 5.41) is 2.59. The van der Waals surface area contributed by atoms with Gasteiger partial charge < -0.3 is 9.15 Å². The number of hydrogen-bond donors (Lipinski definition) is 1. The Labute approximate surface area is 195 Å². The van der Waals surface area contributed by atoms with Gasteiger partial charge in [0.15, 0.2) is 5.11 Å². The summed E-state index contributed by atoms with van der Waals surface area (Å²) in [6, 6.07) is 15.8. The molecule has 0 saturated carbocycles. The van der Waals surface area contributed by atoms with E-state index in [2.05, 4.69) is 5.32 Å². The standard InChI is InChI=1S/C25H20N2O5S/c1-14-8-9-15(2)20(12-14)27-23(29)19(22(28)26-25(27)33)13-16-10-11-21(32-16)17-6-4-5-7-18(17)24(30)31-3/h4-13H,1-3H3,(H,26,28,33)/b19-13+. The highest BCUT2D eigenvalue weighted by Crippen LogP contribution is 2.29. The van der Waals surface area contributed by atoms with Crippen molar-refractivity contribution in [2.75, 3.05) is 12.0 Å². The van der Waals surface area contributed by atoms with Crippen LogP contribution >= 0.6 is 12.2 Å². The van der Waals surface area contributed by atoms with Crippen LogP contribution in [0.2, 0.25) is 0 Å². The first-order valence-electron chi connectivity index (χ1n) is 10.1. The molecule has 0 unspecified atom stereocenters. The van der Waals surface area contributed by atoms with Gasteiger partial charge in [-0.1, -0.05) is 30.3 Å². The SMILES string of the molecule is COC(=O)c1ccccc1-c1ccc(/C=C2\C(=O)NC(=S)N(c3cc(C)ccc3C)C2=O)o1. The number of carbonyl (C=O) groups is 3. The Balaban J connectivity index is 1.71. The van der Waals surface area contributed by atoms with E-state index in [0.717, 1.165) is 11.1 Å². The van der Waals surface area contributed by atoms with Crippen LogP contribution < -0.4 is 10.2 Å². The third-order valence-electron chi connectivity index (χ3n) is 5.22. The molecule has 166 valence electrons. The van der Waals surface area contributed by atoms with Crippen molar-refractivity contribution in [1.82, 2.24) is 5.32 Å². The van der Waals surface area contributed by atoms with E-state index in [0.29, 0.717) is 22.6 Å². The number of amides is 2. The summed E-state index contributed by atoms with van der Waals surface area (Å²) in [5.41, 5.74) is 3.15. The third kappa shape index (κ3) is 4.20. The molecule has 0 spiro atoms. The van der Waals surface area contributed by atoms with Crippen molar-refractivity contribution in [2.24, 2.45) is 0 Å². The van der Waals surface area contributed by atoms with Crippen LogP contribution in [-0.2, 0) is 14.3 Å². The molecule has 1 aliphatic rings. The maximum atomic E-state index is 13.3. The molecule has 2 heterocycles. The molecule has 2 aromatic carbocycles. The zero-order valence-electron chi connectivity index (χ0n) is 18.2. The topological polar surface area (TPSA) is 88.9 Å². The van der Waals surface area contributed by atoms with Crippen LogP contribution in [0.1, 0.15) is 27.2 Å². The summed E-state index contributed by atoms with van der Waals surface area (Å²) >= 11 is 5.28. The maximum absolute atomic E-state index is 13.3. The first-order chi connectivity index (χ1) is 15.8. The van der Waals surface area contributed by atoms with E-state index < -0.39 is 17.8 Å². The fourth-order valence-corrected chi connectivity index (χ4v) is 3.81. The van der Waals surface area contributed by atoms with Gasteiger partial charge in [-0.2, -0.15) is 0 Å². The number of methoxy groups -OCH3 is 1. The number of nitrogens with zero attached hydrogens (tertiary/aromatic N) is 1. The molecule has 1 aromatic heterocycles. The number of thiocarbonyl (C=S) groups is 1. The van der Waals surface area contributed by atoms with E-state index in [1.165, 1.54) is 18.1 Å². The summed E-state index contributed by atoms with van der Waals surface area (Å²) in [4.78, 5) is 39.3. The van der Waals surface area contributed by atoms with E-state index >= 15 is 0 Å². The highest BCUT2D eigenvalue weighted by atomic mass is 32.1. The molecule has 4 rings (SSSR count). The molecule has 1 N–H and O–H groups in total. The van der Waals surface area contributed by atoms with Crippen molar-refractivity contribution in [3.05, 3.63) is 82.6 Å². The van der Waals surface area contributed by atoms with Crippen LogP contribution in [0.5, 0.6) is 0 Å². The maximum Gasteiger partial charge on any atom is 0.338 e. The third-order valence-corrected chi connectivity index (χ3v) is 5.50. The summed E-state index contributed by atoms with van der Waals surface area (Å²) in [7, 11) is 1.30. The highest BCUT2D eigenvalue weighted by molar-refractivity contribution is 7.80. The second kappa shape index (κ2) is 8.84. The molecule has 1 aliphatic heterocycles. The van der Waals surface area contributed by atoms with Crippen LogP contribution in [0.25, 0.3) is 17.4 Å². The number of aryl methyl sites for hydroxylation is 2. The van der Waals surface area contributed by atoms with Crippen molar-refractivity contribution in [2.45, 2.75) is 13.8 Å². The molecule has 1 fully saturated rings. The van der Waals surface area contributed by atoms with Crippen LogP contribution in [0.15, 0.2) is 64.6 Å². The molecule has 8 heteroatoms. The number of nitrogens with one attached hydrogen (secondary N) is 1. The van der Waals surface area contributed by atoms with E-state index in [9.17, 15) is 14.4 Å². The van der Waals surface area contributed by atoms with Crippen molar-refractivity contribution < 1.29 is 23.5 Å². The Morgan fingerprint density at radius 1 is 1.09 bits per heavy atom. The smallest absolute Gasteiger partial charge is 0.338 e. The fraction of sp³-hybridized carbons (Fsp3) is 0.120. The molecule has 0 atom stereocenters. The summed E-state index contributed by atoms with van der Waals surface area (Å²) < 4.78 is 10.7. The number of esters is 1. The number of furan rings is 1. The molecule has 0 aliphatic carbocycles. The number of hydrogen-bond acceptors (Lipinski definition) is 6. The Bertz CT molecular complexity index is 1340. The van der Waals surface area contributed by atoms with Gasteiger partial charge in [0.05, 0.1) is 18.4 Å². The van der Waals surface area contributed by atoms with Gasteiger partial charge in [-0.15, -0.1) is 0 Å². The highest BCUT2D eigenvalue weighted by Gasteiger charge is 2.35. The molecule has 0 radical (unpaired) electrons. The van der Waals surface area contributed by atoms with Crippen molar-refractivity contribution in [1.29, 1.82) is 0 Å². The average molecular weight is 461 g/mol. The molecule has 1 saturated heterocycles. The number of benzene rings is 2. The number of carbonyl (C=O) groups excluding carboxylic acids is 3. The lowest BCUT2D eigenvalue weighted by atomic mass is 10.1. The van der Waals surface area contributed by atoms with Gasteiger partial charge in [0.2, 0.25) is 0 Å². The fourth-order valence-electron chi connectivity index (χ4n) is 3.54. The van der Waals surface area contributed by atoms with Crippen LogP contribution in [-0.4, -0.2) is 30.0 Å². The van der Waals surface area contributed by atoms with Crippen LogP contribution in [0.4, 0.5) is 5.69 Å². The Morgan fingerprint density at radius 3 is 2.61 bits per heavy atom. The van der Waals surface area contributed by atoms with E-state index in [1.54, 1.807) is 36.4 Å². The average Bonchev–Trinajstić information content (AvgIpc) is 3.27. The second-order valence-corrected chi connectivity index (χ2v) is 7.87. The lowest BCUT2D eigenvalue weighted by molar-refractivity contribution is -0.122. The quantitative estimate of drug-likeness (QED) is 0.272. The van der Waals surface area contributed by atoms with Gasteiger partial charge >= 0.3 is 5.97 Å². The number of anilines is 1. The predicted molar refractivity (Wildman–Crippen MR) is 128 cm³/mol. The van der Waals surface area contributed by atoms with Crippen LogP contribution in [0, 0.1) is 13.8 Å². The minimum Gasteiger partial charge on any atom is -0.465 e. The second-order valence-electron chi connectivity index (χ2n) is 7.49. The van der Waals surface area contributed by atoms with Gasteiger partial charge in [-0.25, -0.2) is 4.79 Å². The van der Waals surface area contributed by atoms with Crippen molar-refractivity contribution >= 4 is 46.9 Å². The summed E-state index contributed by atoms with van der Waals surface area (Å²) in [6.07, 6.45) is 1.36. The molecule has 33 heavy (non-hydrogen) atoms. The number of rotatable bonds is 4. The zero-order valence-corrected chi connectivity index (χ0v) is 19.0. The monoisotopic (exact) mass is 460 g/mol. The van der Waals surface area contributed by atoms with E-state index in [-0.39, 0.29) is 16.4 Å². The molecule has 3 aromatic rings. The minimum absolute atomic E-state index is 0.0167. The normalized spacial score (nSPS) is 15.1. The summed E-state index contributed by atoms with van der Waals surface area (Å²) in [5.74, 6) is -0.989. The van der Waals surface area contributed by atoms with Crippen molar-refractivity contribution in [3.63, 3.8) is 0 Å². The Morgan fingerprint density at radius 2 is 1.85 bits per heavy atom. The Kier molecular flexibility index (Phi) is 5.93. The Hall–Kier alpha value is -4.04. The first-order valence-corrected chi connectivity index (χ1v) is 10.5. The largest absolute Gasteiger partial charge is 0.465 e. The molecule has 7 nitrogen and oxygen atoms in total. The van der Waals surface area contributed by atoms with E-state index in [4.69, 9.17) is 21.4 Å². The molecule has 0 bridgehead atoms. The lowest BCUT2D eigenvalue weighted by Crippen LogP contribution is -2.54. The molecular weight excluding hydrogens is 440 g/mol. The van der Waals surface area contributed by atoms with Gasteiger partial charge in [0, 0.05) is 5.56 Å². The van der Waals surface area contributed by atoms with Crippen LogP contribution in [0.3, 0.4) is 0 Å². The molecular formula is C25H20N2O5S. The molecule has 2 amide bonds. The number of ether oxygens (including phenoxy) is 1. The van der Waals surface area contributed by atoms with Gasteiger partial charge in [0.1, 0.15) is 17.1 Å². The van der Waals surface area contributed by atoms with Gasteiger partial charge in [0.25, 0.3) is 11.8 Å². The first kappa shape index (κ1) is 22.2. The van der Waals surface area contributed by atoms with Crippen molar-refractivity contribution in [3.8, 4) is 11.3 Å². The lowest BCUT2D eigenvalue weighted by Gasteiger charge is -2.30. The van der Waals surface area contributed by atoms with E-state index in [1.807, 2.05) is 32.0 Å². The van der Waals surface area contributed by atoms with Gasteiger partial charge in [-0.3, -0.25) is 19.8 Å². The zero-order chi connectivity index (χ0) is 23.7. The van der Waals surface area contributed by atoms with Gasteiger partial charge in [-0.05, 0) is 67.5 Å².